The Bertz CT molecular complexity index is 1610. The van der Waals surface area contributed by atoms with Crippen LogP contribution in [0.3, 0.4) is 0 Å². The first-order valence-corrected chi connectivity index (χ1v) is 12.5. The molecule has 0 saturated heterocycles. The lowest BCUT2D eigenvalue weighted by Crippen LogP contribution is -2.40. The van der Waals surface area contributed by atoms with Gasteiger partial charge in [0.1, 0.15) is 11.8 Å². The van der Waals surface area contributed by atoms with Crippen molar-refractivity contribution in [2.75, 3.05) is 13.7 Å². The van der Waals surface area contributed by atoms with Crippen molar-refractivity contribution in [3.05, 3.63) is 95.3 Å². The van der Waals surface area contributed by atoms with E-state index in [-0.39, 0.29) is 12.2 Å². The van der Waals surface area contributed by atoms with E-state index in [4.69, 9.17) is 9.47 Å². The zero-order valence-electron chi connectivity index (χ0n) is 18.9. The summed E-state index contributed by atoms with van der Waals surface area (Å²) >= 11 is 2.87. The molecule has 172 valence electrons. The zero-order chi connectivity index (χ0) is 23.8. The van der Waals surface area contributed by atoms with Crippen LogP contribution in [0.4, 0.5) is 0 Å². The lowest BCUT2D eigenvalue weighted by molar-refractivity contribution is -0.139. The normalized spacial score (nSPS) is 15.9. The summed E-state index contributed by atoms with van der Waals surface area (Å²) in [6, 6.07) is 14.9. The summed E-state index contributed by atoms with van der Waals surface area (Å²) in [6.45, 7) is 3.77. The van der Waals surface area contributed by atoms with E-state index >= 15 is 0 Å². The van der Waals surface area contributed by atoms with Crippen LogP contribution in [0, 0.1) is 0 Å². The molecule has 8 heteroatoms. The van der Waals surface area contributed by atoms with Crippen molar-refractivity contribution < 1.29 is 14.3 Å². The van der Waals surface area contributed by atoms with Crippen LogP contribution in [0.15, 0.2) is 75.0 Å². The minimum absolute atomic E-state index is 0.202. The summed E-state index contributed by atoms with van der Waals surface area (Å²) in [5.74, 6) is 0.101. The molecule has 0 saturated carbocycles. The Labute approximate surface area is 203 Å². The van der Waals surface area contributed by atoms with Gasteiger partial charge in [0, 0.05) is 10.4 Å². The Morgan fingerprint density at radius 3 is 2.74 bits per heavy atom. The van der Waals surface area contributed by atoms with Crippen LogP contribution in [0.1, 0.15) is 30.3 Å². The molecule has 1 atom stereocenters. The molecule has 2 aromatic heterocycles. The van der Waals surface area contributed by atoms with Gasteiger partial charge in [-0.1, -0.05) is 47.7 Å². The molecule has 4 aromatic rings. The number of fused-ring (bicyclic) bond motifs is 2. The number of rotatable bonds is 5. The van der Waals surface area contributed by atoms with Gasteiger partial charge in [0.05, 0.1) is 29.5 Å². The lowest BCUT2D eigenvalue weighted by atomic mass is 9.90. The number of benzene rings is 2. The van der Waals surface area contributed by atoms with E-state index < -0.39 is 12.0 Å². The largest absolute Gasteiger partial charge is 0.496 e. The number of esters is 1. The Morgan fingerprint density at radius 1 is 1.18 bits per heavy atom. The molecule has 0 bridgehead atoms. The van der Waals surface area contributed by atoms with E-state index in [0.29, 0.717) is 26.4 Å². The number of hydrogen-bond donors (Lipinski definition) is 0. The highest BCUT2D eigenvalue weighted by Gasteiger charge is 2.36. The highest BCUT2D eigenvalue weighted by Crippen LogP contribution is 2.40. The molecule has 3 heterocycles. The van der Waals surface area contributed by atoms with Gasteiger partial charge in [-0.25, -0.2) is 9.79 Å². The average Bonchev–Trinajstić information content (AvgIpc) is 3.45. The molecule has 1 aliphatic heterocycles. The number of thiophene rings is 1. The van der Waals surface area contributed by atoms with Crippen LogP contribution < -0.4 is 19.6 Å². The molecule has 0 fully saturated rings. The van der Waals surface area contributed by atoms with Gasteiger partial charge in [0.25, 0.3) is 5.56 Å². The Hall–Kier alpha value is -3.49. The van der Waals surface area contributed by atoms with Crippen molar-refractivity contribution in [3.8, 4) is 5.75 Å². The second-order valence-electron chi connectivity index (χ2n) is 7.72. The first-order valence-electron chi connectivity index (χ1n) is 10.8. The van der Waals surface area contributed by atoms with E-state index in [1.807, 2.05) is 60.0 Å². The van der Waals surface area contributed by atoms with Crippen molar-refractivity contribution in [2.45, 2.75) is 19.9 Å². The SMILES string of the molecule is CCOC(=O)C1=C(C)N=c2s/c(=C/c3cccs3)c(=O)n2C1c1c(OC)ccc2ccccc12. The number of methoxy groups -OCH3 is 1. The predicted molar refractivity (Wildman–Crippen MR) is 135 cm³/mol. The topological polar surface area (TPSA) is 69.9 Å². The fourth-order valence-corrected chi connectivity index (χ4v) is 6.07. The number of hydrogen-bond acceptors (Lipinski definition) is 7. The number of carbonyl (C=O) groups is 1. The van der Waals surface area contributed by atoms with Gasteiger partial charge in [0.15, 0.2) is 4.80 Å². The molecule has 6 nitrogen and oxygen atoms in total. The number of carbonyl (C=O) groups excluding carboxylic acids is 1. The molecule has 1 aliphatic rings. The highest BCUT2D eigenvalue weighted by atomic mass is 32.1. The number of ether oxygens (including phenoxy) is 2. The highest BCUT2D eigenvalue weighted by molar-refractivity contribution is 7.11. The van der Waals surface area contributed by atoms with E-state index in [1.54, 1.807) is 36.9 Å². The average molecular weight is 491 g/mol. The van der Waals surface area contributed by atoms with Gasteiger partial charge < -0.3 is 9.47 Å². The Morgan fingerprint density at radius 2 is 2.00 bits per heavy atom. The maximum atomic E-state index is 13.8. The van der Waals surface area contributed by atoms with Crippen molar-refractivity contribution in [2.24, 2.45) is 4.99 Å². The molecule has 1 unspecified atom stereocenters. The molecule has 0 radical (unpaired) electrons. The minimum atomic E-state index is -0.734. The van der Waals surface area contributed by atoms with E-state index in [9.17, 15) is 9.59 Å². The maximum absolute atomic E-state index is 13.8. The zero-order valence-corrected chi connectivity index (χ0v) is 20.5. The van der Waals surface area contributed by atoms with E-state index in [1.165, 1.54) is 11.3 Å². The first kappa shape index (κ1) is 22.3. The van der Waals surface area contributed by atoms with Gasteiger partial charge in [-0.2, -0.15) is 0 Å². The molecule has 0 amide bonds. The molecule has 0 aliphatic carbocycles. The number of allylic oxidation sites excluding steroid dienone is 1. The molecule has 5 rings (SSSR count). The van der Waals surface area contributed by atoms with Crippen LogP contribution >= 0.6 is 22.7 Å². The van der Waals surface area contributed by atoms with Crippen molar-refractivity contribution in [1.82, 2.24) is 4.57 Å². The van der Waals surface area contributed by atoms with Crippen LogP contribution in [0.25, 0.3) is 16.8 Å². The fraction of sp³-hybridized carbons (Fsp3) is 0.192. The third kappa shape index (κ3) is 3.69. The summed E-state index contributed by atoms with van der Waals surface area (Å²) in [5, 5.41) is 3.85. The third-order valence-electron chi connectivity index (χ3n) is 5.76. The number of nitrogens with zero attached hydrogens (tertiary/aromatic N) is 2. The second-order valence-corrected chi connectivity index (χ2v) is 9.71. The Kier molecular flexibility index (Phi) is 5.93. The lowest BCUT2D eigenvalue weighted by Gasteiger charge is -2.27. The van der Waals surface area contributed by atoms with Gasteiger partial charge >= 0.3 is 5.97 Å². The smallest absolute Gasteiger partial charge is 0.338 e. The monoisotopic (exact) mass is 490 g/mol. The van der Waals surface area contributed by atoms with Gasteiger partial charge in [-0.3, -0.25) is 9.36 Å². The predicted octanol–water partition coefficient (Wildman–Crippen LogP) is 4.02. The quantitative estimate of drug-likeness (QED) is 0.396. The van der Waals surface area contributed by atoms with Crippen molar-refractivity contribution >= 4 is 45.5 Å². The van der Waals surface area contributed by atoms with Gasteiger partial charge in [0.2, 0.25) is 0 Å². The fourth-order valence-electron chi connectivity index (χ4n) is 4.30. The van der Waals surface area contributed by atoms with Crippen molar-refractivity contribution in [3.63, 3.8) is 0 Å². The summed E-state index contributed by atoms with van der Waals surface area (Å²) in [7, 11) is 1.59. The van der Waals surface area contributed by atoms with E-state index in [0.717, 1.165) is 21.2 Å². The Balaban J connectivity index is 1.87. The van der Waals surface area contributed by atoms with Gasteiger partial charge in [-0.05, 0) is 48.2 Å². The maximum Gasteiger partial charge on any atom is 0.338 e. The van der Waals surface area contributed by atoms with Crippen molar-refractivity contribution in [1.29, 1.82) is 0 Å². The second kappa shape index (κ2) is 9.04. The summed E-state index contributed by atoms with van der Waals surface area (Å²) < 4.78 is 13.3. The summed E-state index contributed by atoms with van der Waals surface area (Å²) in [4.78, 5) is 33.1. The number of thiazole rings is 1. The standard InChI is InChI=1S/C26H22N2O4S2/c1-4-32-25(30)21-15(2)27-26-28(24(29)20(34-26)14-17-9-7-13-33-17)23(21)22-18-10-6-5-8-16(18)11-12-19(22)31-3/h5-14,23H,4H2,1-3H3/b20-14+. The molecular formula is C26H22N2O4S2. The third-order valence-corrected chi connectivity index (χ3v) is 7.56. The molecular weight excluding hydrogens is 468 g/mol. The first-order chi connectivity index (χ1) is 16.5. The van der Waals surface area contributed by atoms with Gasteiger partial charge in [-0.15, -0.1) is 11.3 Å². The molecule has 0 N–H and O–H groups in total. The molecule has 0 spiro atoms. The summed E-state index contributed by atoms with van der Waals surface area (Å²) in [5.41, 5.74) is 1.40. The van der Waals surface area contributed by atoms with Crippen LogP contribution in [0.2, 0.25) is 0 Å². The van der Waals surface area contributed by atoms with Crippen LogP contribution in [0.5, 0.6) is 5.75 Å². The van der Waals surface area contributed by atoms with E-state index in [2.05, 4.69) is 4.99 Å². The van der Waals surface area contributed by atoms with Crippen LogP contribution in [-0.2, 0) is 9.53 Å². The molecule has 34 heavy (non-hydrogen) atoms. The summed E-state index contributed by atoms with van der Waals surface area (Å²) in [6.07, 6.45) is 1.87. The molecule has 2 aromatic carbocycles. The number of aromatic nitrogens is 1. The van der Waals surface area contributed by atoms with Crippen LogP contribution in [-0.4, -0.2) is 24.3 Å². The minimum Gasteiger partial charge on any atom is -0.496 e.